The predicted octanol–water partition coefficient (Wildman–Crippen LogP) is 7.28. The number of benzene rings is 4. The number of phenolic OH excluding ortho intramolecular Hbond substituents is 1. The Labute approximate surface area is 298 Å². The van der Waals surface area contributed by atoms with Crippen LogP contribution in [0.4, 0.5) is 20.2 Å². The van der Waals surface area contributed by atoms with Gasteiger partial charge < -0.3 is 5.11 Å². The molecule has 0 aromatic heterocycles. The third-order valence-electron chi connectivity index (χ3n) is 10.6. The minimum atomic E-state index is -1.66. The van der Waals surface area contributed by atoms with Crippen molar-refractivity contribution in [1.29, 1.82) is 0 Å². The minimum absolute atomic E-state index is 0.0338. The number of allylic oxidation sites excluding steroid dienone is 2. The van der Waals surface area contributed by atoms with Gasteiger partial charge in [0.25, 0.3) is 11.8 Å². The fourth-order valence-corrected chi connectivity index (χ4v) is 8.97. The van der Waals surface area contributed by atoms with Crippen molar-refractivity contribution in [2.75, 3.05) is 10.3 Å². The standard InChI is InChI=1S/C38H27BrClF2N3O5/c39-21-4-12-25(13-5-21)44-34(47)27-15-14-26-28(32(27)36(44)49)18-29-35(48)45(43-24-10-8-23(41)9-11-24)37(50)38(29,20-2-6-22(40)7-3-20)33(26)19-1-16-31(46)30(42)17-19/h1-14,16-17,27-29,32-33,43,46H,15,18H2. The highest BCUT2D eigenvalue weighted by Crippen LogP contribution is 2.64. The van der Waals surface area contributed by atoms with E-state index in [-0.39, 0.29) is 24.4 Å². The number of aromatic hydroxyl groups is 1. The van der Waals surface area contributed by atoms with Gasteiger partial charge in [0.2, 0.25) is 11.8 Å². The molecule has 2 aliphatic heterocycles. The second-order valence-electron chi connectivity index (χ2n) is 13.1. The monoisotopic (exact) mass is 757 g/mol. The van der Waals surface area contributed by atoms with Gasteiger partial charge in [-0.2, -0.15) is 5.01 Å². The maximum Gasteiger partial charge on any atom is 0.260 e. The molecule has 6 atom stereocenters. The normalized spacial score (nSPS) is 27.2. The topological polar surface area (TPSA) is 107 Å². The van der Waals surface area contributed by atoms with Crippen molar-refractivity contribution in [1.82, 2.24) is 5.01 Å². The van der Waals surface area contributed by atoms with Crippen LogP contribution in [0.3, 0.4) is 0 Å². The zero-order chi connectivity index (χ0) is 35.1. The Morgan fingerprint density at radius 1 is 0.840 bits per heavy atom. The van der Waals surface area contributed by atoms with Crippen LogP contribution in [-0.2, 0) is 24.6 Å². The van der Waals surface area contributed by atoms with Gasteiger partial charge in [-0.15, -0.1) is 0 Å². The van der Waals surface area contributed by atoms with Crippen molar-refractivity contribution in [2.45, 2.75) is 24.2 Å². The maximum absolute atomic E-state index is 15.2. The van der Waals surface area contributed by atoms with Crippen molar-refractivity contribution >= 4 is 62.5 Å². The fraction of sp³-hybridized carbons (Fsp3) is 0.211. The second-order valence-corrected chi connectivity index (χ2v) is 14.4. The summed E-state index contributed by atoms with van der Waals surface area (Å²) in [5.74, 6) is -8.32. The number of anilines is 2. The zero-order valence-corrected chi connectivity index (χ0v) is 28.4. The second kappa shape index (κ2) is 11.9. The van der Waals surface area contributed by atoms with E-state index in [0.29, 0.717) is 27.4 Å². The molecule has 4 aliphatic rings. The molecule has 1 saturated carbocycles. The Balaban J connectivity index is 1.32. The number of carbonyl (C=O) groups is 4. The van der Waals surface area contributed by atoms with E-state index in [4.69, 9.17) is 11.6 Å². The van der Waals surface area contributed by atoms with E-state index >= 15 is 9.18 Å². The summed E-state index contributed by atoms with van der Waals surface area (Å²) in [4.78, 5) is 59.1. The highest BCUT2D eigenvalue weighted by Gasteiger charge is 2.70. The summed E-state index contributed by atoms with van der Waals surface area (Å²) in [7, 11) is 0. The Kier molecular flexibility index (Phi) is 7.68. The van der Waals surface area contributed by atoms with Gasteiger partial charge in [0.1, 0.15) is 5.82 Å². The molecular formula is C38H27BrClF2N3O5. The SMILES string of the molecule is O=C1C2CC3C(=CCC4C(=O)N(c5ccc(Br)cc5)C(=O)C43)C(c3ccc(O)c(F)c3)C2(c2ccc(Cl)cc2)C(=O)N1Nc1ccc(F)cc1. The number of carbonyl (C=O) groups excluding carboxylic acids is 4. The van der Waals surface area contributed by atoms with E-state index in [2.05, 4.69) is 21.4 Å². The van der Waals surface area contributed by atoms with E-state index in [9.17, 15) is 23.9 Å². The zero-order valence-electron chi connectivity index (χ0n) is 26.0. The molecular weight excluding hydrogens is 732 g/mol. The van der Waals surface area contributed by atoms with E-state index in [1.807, 2.05) is 6.08 Å². The number of halogens is 4. The number of phenols is 1. The Bertz CT molecular complexity index is 2130. The van der Waals surface area contributed by atoms with Crippen molar-refractivity contribution < 1.29 is 33.1 Å². The van der Waals surface area contributed by atoms with Crippen LogP contribution in [0, 0.1) is 35.3 Å². The molecule has 3 fully saturated rings. The lowest BCUT2D eigenvalue weighted by Crippen LogP contribution is -2.53. The van der Waals surface area contributed by atoms with Crippen LogP contribution < -0.4 is 10.3 Å². The van der Waals surface area contributed by atoms with Crippen LogP contribution in [0.1, 0.15) is 29.9 Å². The summed E-state index contributed by atoms with van der Waals surface area (Å²) >= 11 is 9.69. The van der Waals surface area contributed by atoms with Crippen molar-refractivity contribution in [3.63, 3.8) is 0 Å². The van der Waals surface area contributed by atoms with Gasteiger partial charge in [-0.25, -0.2) is 8.78 Å². The molecule has 2 aliphatic carbocycles. The van der Waals surface area contributed by atoms with E-state index in [0.717, 1.165) is 15.5 Å². The number of hydrazine groups is 1. The van der Waals surface area contributed by atoms with Gasteiger partial charge in [0, 0.05) is 15.4 Å². The number of nitrogens with one attached hydrogen (secondary N) is 1. The van der Waals surface area contributed by atoms with Crippen LogP contribution >= 0.6 is 27.5 Å². The number of nitrogens with zero attached hydrogens (tertiary/aromatic N) is 2. The molecule has 4 aromatic carbocycles. The molecule has 0 radical (unpaired) electrons. The van der Waals surface area contributed by atoms with Crippen molar-refractivity contribution in [3.05, 3.63) is 135 Å². The molecule has 12 heteroatoms. The molecule has 2 N–H and O–H groups in total. The number of fused-ring (bicyclic) bond motifs is 4. The first-order valence-corrected chi connectivity index (χ1v) is 17.2. The first kappa shape index (κ1) is 32.3. The number of imide groups is 2. The van der Waals surface area contributed by atoms with E-state index < -0.39 is 70.1 Å². The van der Waals surface area contributed by atoms with Gasteiger partial charge in [-0.1, -0.05) is 57.4 Å². The summed E-state index contributed by atoms with van der Waals surface area (Å²) in [5, 5.41) is 11.5. The molecule has 8 rings (SSSR count). The number of hydrogen-bond acceptors (Lipinski definition) is 6. The fourth-order valence-electron chi connectivity index (χ4n) is 8.58. The minimum Gasteiger partial charge on any atom is -0.505 e. The first-order valence-electron chi connectivity index (χ1n) is 16.0. The summed E-state index contributed by atoms with van der Waals surface area (Å²) in [5.41, 5.74) is 3.29. The largest absolute Gasteiger partial charge is 0.505 e. The predicted molar refractivity (Wildman–Crippen MR) is 184 cm³/mol. The van der Waals surface area contributed by atoms with Crippen molar-refractivity contribution in [2.24, 2.45) is 23.7 Å². The molecule has 4 aromatic rings. The highest BCUT2D eigenvalue weighted by atomic mass is 79.9. The lowest BCUT2D eigenvalue weighted by molar-refractivity contribution is -0.138. The average molecular weight is 759 g/mol. The number of amides is 4. The van der Waals surface area contributed by atoms with Gasteiger partial charge in [0.15, 0.2) is 11.6 Å². The quantitative estimate of drug-likeness (QED) is 0.164. The molecule has 4 amide bonds. The summed E-state index contributed by atoms with van der Waals surface area (Å²) in [6.07, 6.45) is 2.08. The van der Waals surface area contributed by atoms with E-state index in [1.165, 1.54) is 41.3 Å². The Morgan fingerprint density at radius 3 is 2.22 bits per heavy atom. The van der Waals surface area contributed by atoms with Gasteiger partial charge >= 0.3 is 0 Å². The highest BCUT2D eigenvalue weighted by molar-refractivity contribution is 9.10. The molecule has 2 heterocycles. The lowest BCUT2D eigenvalue weighted by Gasteiger charge is -2.50. The summed E-state index contributed by atoms with van der Waals surface area (Å²) < 4.78 is 29.8. The van der Waals surface area contributed by atoms with Crippen LogP contribution in [0.2, 0.25) is 5.02 Å². The van der Waals surface area contributed by atoms with Gasteiger partial charge in [-0.05, 0) is 103 Å². The molecule has 6 unspecified atom stereocenters. The van der Waals surface area contributed by atoms with Crippen molar-refractivity contribution in [3.8, 4) is 5.75 Å². The third-order valence-corrected chi connectivity index (χ3v) is 11.4. The third kappa shape index (κ3) is 4.74. The van der Waals surface area contributed by atoms with Gasteiger partial charge in [-0.3, -0.25) is 29.5 Å². The molecule has 8 nitrogen and oxygen atoms in total. The summed E-state index contributed by atoms with van der Waals surface area (Å²) in [6.45, 7) is 0. The number of hydrogen-bond donors (Lipinski definition) is 2. The van der Waals surface area contributed by atoms with Crippen LogP contribution in [-0.4, -0.2) is 33.7 Å². The van der Waals surface area contributed by atoms with Gasteiger partial charge in [0.05, 0.1) is 34.5 Å². The Morgan fingerprint density at radius 2 is 1.54 bits per heavy atom. The van der Waals surface area contributed by atoms with E-state index in [1.54, 1.807) is 48.5 Å². The lowest BCUT2D eigenvalue weighted by atomic mass is 9.49. The smallest absolute Gasteiger partial charge is 0.260 e. The molecule has 0 spiro atoms. The Hall–Kier alpha value is -4.87. The molecule has 0 bridgehead atoms. The maximum atomic E-state index is 15.2. The van der Waals surface area contributed by atoms with Crippen LogP contribution in [0.5, 0.6) is 5.75 Å². The average Bonchev–Trinajstić information content (AvgIpc) is 3.48. The molecule has 50 heavy (non-hydrogen) atoms. The first-order chi connectivity index (χ1) is 24.0. The van der Waals surface area contributed by atoms with Crippen LogP contribution in [0.25, 0.3) is 0 Å². The number of rotatable bonds is 5. The molecule has 252 valence electrons. The van der Waals surface area contributed by atoms with Crippen LogP contribution in [0.15, 0.2) is 107 Å². The summed E-state index contributed by atoms with van der Waals surface area (Å²) in [6, 6.07) is 22.4. The molecule has 2 saturated heterocycles.